The quantitative estimate of drug-likeness (QED) is 0.260. The van der Waals surface area contributed by atoms with E-state index in [1.165, 1.54) is 39.0 Å². The summed E-state index contributed by atoms with van der Waals surface area (Å²) in [5.41, 5.74) is 0. The highest BCUT2D eigenvalue weighted by Crippen LogP contribution is 2.05. The Morgan fingerprint density at radius 1 is 1.21 bits per heavy atom. The Kier molecular flexibility index (Phi) is 9.59. The zero-order valence-electron chi connectivity index (χ0n) is 9.29. The predicted octanol–water partition coefficient (Wildman–Crippen LogP) is 3.29. The lowest BCUT2D eigenvalue weighted by Crippen LogP contribution is -1.91. The third-order valence-corrected chi connectivity index (χ3v) is 1.94. The van der Waals surface area contributed by atoms with Crippen LogP contribution in [-0.4, -0.2) is 12.2 Å². The van der Waals surface area contributed by atoms with Crippen LogP contribution >= 0.6 is 0 Å². The molecule has 0 bridgehead atoms. The van der Waals surface area contributed by atoms with Gasteiger partial charge < -0.3 is 4.84 Å². The summed E-state index contributed by atoms with van der Waals surface area (Å²) in [5, 5.41) is 3.53. The zero-order valence-corrected chi connectivity index (χ0v) is 9.29. The van der Waals surface area contributed by atoms with E-state index in [1.54, 1.807) is 6.21 Å². The standard InChI is InChI=1S/C11H21NO2/c1-3-4-5-6-7-8-9-10-12-14-11(2)13/h10H,3-9H2,1-2H3. The van der Waals surface area contributed by atoms with Gasteiger partial charge in [0.1, 0.15) is 0 Å². The summed E-state index contributed by atoms with van der Waals surface area (Å²) in [4.78, 5) is 14.7. The molecule has 0 heterocycles. The second-order valence-corrected chi connectivity index (χ2v) is 3.43. The van der Waals surface area contributed by atoms with Crippen LogP contribution in [0.2, 0.25) is 0 Å². The summed E-state index contributed by atoms with van der Waals surface area (Å²) < 4.78 is 0. The molecule has 0 radical (unpaired) electrons. The molecule has 0 aliphatic rings. The molecule has 0 saturated heterocycles. The number of oxime groups is 1. The molecule has 0 aromatic rings. The summed E-state index contributed by atoms with van der Waals surface area (Å²) in [6.07, 6.45) is 10.2. The number of carbonyl (C=O) groups is 1. The first-order valence-corrected chi connectivity index (χ1v) is 5.46. The molecule has 0 saturated carbocycles. The van der Waals surface area contributed by atoms with Gasteiger partial charge in [-0.2, -0.15) is 0 Å². The van der Waals surface area contributed by atoms with Gasteiger partial charge in [-0.05, 0) is 12.8 Å². The zero-order chi connectivity index (χ0) is 10.6. The number of nitrogens with zero attached hydrogens (tertiary/aromatic N) is 1. The van der Waals surface area contributed by atoms with E-state index in [-0.39, 0.29) is 5.97 Å². The van der Waals surface area contributed by atoms with Gasteiger partial charge in [0.25, 0.3) is 0 Å². The molecule has 0 aliphatic carbocycles. The molecule has 0 aromatic carbocycles. The van der Waals surface area contributed by atoms with Crippen molar-refractivity contribution in [2.45, 2.75) is 58.8 Å². The minimum Gasteiger partial charge on any atom is -0.319 e. The molecule has 0 aliphatic heterocycles. The number of unbranched alkanes of at least 4 members (excludes halogenated alkanes) is 6. The maximum atomic E-state index is 10.3. The normalized spacial score (nSPS) is 10.7. The van der Waals surface area contributed by atoms with Gasteiger partial charge in [0.05, 0.1) is 0 Å². The van der Waals surface area contributed by atoms with Crippen molar-refractivity contribution in [3.8, 4) is 0 Å². The number of rotatable bonds is 8. The van der Waals surface area contributed by atoms with Gasteiger partial charge in [0.2, 0.25) is 0 Å². The van der Waals surface area contributed by atoms with Crippen LogP contribution in [-0.2, 0) is 9.63 Å². The summed E-state index contributed by atoms with van der Waals surface area (Å²) in [6.45, 7) is 3.56. The lowest BCUT2D eigenvalue weighted by molar-refractivity contribution is -0.140. The van der Waals surface area contributed by atoms with E-state index in [1.807, 2.05) is 0 Å². The highest BCUT2D eigenvalue weighted by Gasteiger charge is 1.89. The van der Waals surface area contributed by atoms with Crippen LogP contribution in [0.15, 0.2) is 5.16 Å². The third-order valence-electron chi connectivity index (χ3n) is 1.94. The van der Waals surface area contributed by atoms with Gasteiger partial charge in [-0.25, -0.2) is 4.79 Å². The third kappa shape index (κ3) is 11.1. The summed E-state index contributed by atoms with van der Waals surface area (Å²) >= 11 is 0. The number of hydrogen-bond donors (Lipinski definition) is 0. The second-order valence-electron chi connectivity index (χ2n) is 3.43. The second kappa shape index (κ2) is 10.2. The van der Waals surface area contributed by atoms with Gasteiger partial charge in [-0.1, -0.05) is 44.2 Å². The summed E-state index contributed by atoms with van der Waals surface area (Å²) in [7, 11) is 0. The van der Waals surface area contributed by atoms with Crippen LogP contribution < -0.4 is 0 Å². The van der Waals surface area contributed by atoms with E-state index in [0.717, 1.165) is 12.8 Å². The Morgan fingerprint density at radius 2 is 1.86 bits per heavy atom. The Labute approximate surface area is 86.5 Å². The van der Waals surface area contributed by atoms with Crippen molar-refractivity contribution in [3.63, 3.8) is 0 Å². The summed E-state index contributed by atoms with van der Waals surface area (Å²) in [5.74, 6) is -0.357. The average molecular weight is 199 g/mol. The van der Waals surface area contributed by atoms with Crippen molar-refractivity contribution in [1.82, 2.24) is 0 Å². The van der Waals surface area contributed by atoms with Crippen molar-refractivity contribution < 1.29 is 9.63 Å². The molecular formula is C11H21NO2. The molecule has 0 amide bonds. The summed E-state index contributed by atoms with van der Waals surface area (Å²) in [6, 6.07) is 0. The first-order chi connectivity index (χ1) is 6.77. The van der Waals surface area contributed by atoms with Crippen LogP contribution in [0.5, 0.6) is 0 Å². The van der Waals surface area contributed by atoms with E-state index < -0.39 is 0 Å². The van der Waals surface area contributed by atoms with Crippen molar-refractivity contribution in [2.24, 2.45) is 5.16 Å². The SMILES string of the molecule is CCCCCCCCC=NOC(C)=O. The molecule has 82 valence electrons. The number of hydrogen-bond acceptors (Lipinski definition) is 3. The molecule has 0 N–H and O–H groups in total. The lowest BCUT2D eigenvalue weighted by atomic mass is 10.1. The van der Waals surface area contributed by atoms with E-state index in [2.05, 4.69) is 16.9 Å². The predicted molar refractivity (Wildman–Crippen MR) is 58.3 cm³/mol. The fraction of sp³-hybridized carbons (Fsp3) is 0.818. The van der Waals surface area contributed by atoms with E-state index in [0.29, 0.717) is 0 Å². The van der Waals surface area contributed by atoms with Crippen LogP contribution in [0.25, 0.3) is 0 Å². The number of carbonyl (C=O) groups excluding carboxylic acids is 1. The van der Waals surface area contributed by atoms with Crippen LogP contribution in [0.3, 0.4) is 0 Å². The van der Waals surface area contributed by atoms with Crippen LogP contribution in [0, 0.1) is 0 Å². The maximum absolute atomic E-state index is 10.3. The van der Waals surface area contributed by atoms with Gasteiger partial charge >= 0.3 is 5.97 Å². The molecule has 14 heavy (non-hydrogen) atoms. The molecule has 0 unspecified atom stereocenters. The van der Waals surface area contributed by atoms with Crippen LogP contribution in [0.1, 0.15) is 58.8 Å². The van der Waals surface area contributed by atoms with Gasteiger partial charge in [0.15, 0.2) is 0 Å². The van der Waals surface area contributed by atoms with Gasteiger partial charge in [-0.3, -0.25) is 0 Å². The maximum Gasteiger partial charge on any atom is 0.331 e. The molecule has 3 heteroatoms. The lowest BCUT2D eigenvalue weighted by Gasteiger charge is -1.97. The fourth-order valence-corrected chi connectivity index (χ4v) is 1.18. The molecule has 0 atom stereocenters. The Hall–Kier alpha value is -0.860. The van der Waals surface area contributed by atoms with Crippen LogP contribution in [0.4, 0.5) is 0 Å². The highest BCUT2D eigenvalue weighted by atomic mass is 16.7. The van der Waals surface area contributed by atoms with Gasteiger partial charge in [0, 0.05) is 13.1 Å². The Morgan fingerprint density at radius 3 is 2.50 bits per heavy atom. The first kappa shape index (κ1) is 13.1. The smallest absolute Gasteiger partial charge is 0.319 e. The molecule has 0 rings (SSSR count). The molecule has 0 fully saturated rings. The minimum absolute atomic E-state index is 0.357. The highest BCUT2D eigenvalue weighted by molar-refractivity contribution is 5.67. The van der Waals surface area contributed by atoms with Gasteiger partial charge in [-0.15, -0.1) is 0 Å². The Bertz CT molecular complexity index is 167. The molecule has 3 nitrogen and oxygen atoms in total. The average Bonchev–Trinajstić information content (AvgIpc) is 2.15. The Balaban J connectivity index is 3.05. The van der Waals surface area contributed by atoms with E-state index in [4.69, 9.17) is 0 Å². The topological polar surface area (TPSA) is 38.7 Å². The van der Waals surface area contributed by atoms with E-state index in [9.17, 15) is 4.79 Å². The first-order valence-electron chi connectivity index (χ1n) is 5.46. The van der Waals surface area contributed by atoms with Crippen molar-refractivity contribution in [1.29, 1.82) is 0 Å². The molecule has 0 spiro atoms. The van der Waals surface area contributed by atoms with Crippen molar-refractivity contribution in [2.75, 3.05) is 0 Å². The fourth-order valence-electron chi connectivity index (χ4n) is 1.18. The molecule has 0 aromatic heterocycles. The molecular weight excluding hydrogens is 178 g/mol. The van der Waals surface area contributed by atoms with Crippen molar-refractivity contribution in [3.05, 3.63) is 0 Å². The van der Waals surface area contributed by atoms with E-state index >= 15 is 0 Å². The largest absolute Gasteiger partial charge is 0.331 e. The minimum atomic E-state index is -0.357. The monoisotopic (exact) mass is 199 g/mol. The van der Waals surface area contributed by atoms with Crippen molar-refractivity contribution >= 4 is 12.2 Å².